The highest BCUT2D eigenvalue weighted by atomic mass is 16.4. The number of amides is 1. The molecule has 2 aromatic rings. The summed E-state index contributed by atoms with van der Waals surface area (Å²) in [7, 11) is 0. The Balaban J connectivity index is 2.22. The van der Waals surface area contributed by atoms with E-state index in [9.17, 15) is 14.7 Å². The molecular weight excluding hydrogens is 278 g/mol. The van der Waals surface area contributed by atoms with Crippen molar-refractivity contribution in [3.8, 4) is 0 Å². The molecule has 0 radical (unpaired) electrons. The van der Waals surface area contributed by atoms with E-state index in [0.29, 0.717) is 5.56 Å². The van der Waals surface area contributed by atoms with Gasteiger partial charge in [-0.2, -0.15) is 0 Å². The normalized spacial score (nSPS) is 11.0. The van der Waals surface area contributed by atoms with Gasteiger partial charge in [-0.1, -0.05) is 51.1 Å². The van der Waals surface area contributed by atoms with Gasteiger partial charge in [0, 0.05) is 11.1 Å². The van der Waals surface area contributed by atoms with Gasteiger partial charge in [0.25, 0.3) is 5.91 Å². The van der Waals surface area contributed by atoms with Crippen LogP contribution in [0.3, 0.4) is 0 Å². The van der Waals surface area contributed by atoms with Crippen LogP contribution in [0.4, 0.5) is 5.69 Å². The second-order valence-electron chi connectivity index (χ2n) is 6.11. The van der Waals surface area contributed by atoms with Gasteiger partial charge >= 0.3 is 0 Å². The maximum Gasteiger partial charge on any atom is 0.255 e. The fourth-order valence-corrected chi connectivity index (χ4v) is 2.09. The maximum atomic E-state index is 12.2. The first kappa shape index (κ1) is 15.8. The second kappa shape index (κ2) is 6.02. The summed E-state index contributed by atoms with van der Waals surface area (Å²) >= 11 is 0. The van der Waals surface area contributed by atoms with E-state index >= 15 is 0 Å². The van der Waals surface area contributed by atoms with E-state index < -0.39 is 5.97 Å². The summed E-state index contributed by atoms with van der Waals surface area (Å²) in [6.45, 7) is 6.29. The van der Waals surface area contributed by atoms with Crippen molar-refractivity contribution < 1.29 is 14.7 Å². The number of benzene rings is 2. The Morgan fingerprint density at radius 1 is 0.955 bits per heavy atom. The van der Waals surface area contributed by atoms with Crippen LogP contribution in [0.25, 0.3) is 0 Å². The lowest BCUT2D eigenvalue weighted by Gasteiger charge is -2.19. The van der Waals surface area contributed by atoms with Crippen LogP contribution in [0.2, 0.25) is 0 Å². The average molecular weight is 296 g/mol. The van der Waals surface area contributed by atoms with Gasteiger partial charge in [-0.05, 0) is 29.2 Å². The number of hydrogen-bond donors (Lipinski definition) is 1. The summed E-state index contributed by atoms with van der Waals surface area (Å²) in [6, 6.07) is 13.4. The van der Waals surface area contributed by atoms with Crippen LogP contribution < -0.4 is 10.4 Å². The molecule has 4 nitrogen and oxygen atoms in total. The van der Waals surface area contributed by atoms with Crippen LogP contribution in [0, 0.1) is 0 Å². The molecule has 0 atom stereocenters. The summed E-state index contributed by atoms with van der Waals surface area (Å²) in [5.41, 5.74) is 1.80. The maximum absolute atomic E-state index is 12.2. The van der Waals surface area contributed by atoms with Crippen molar-refractivity contribution in [3.05, 3.63) is 65.2 Å². The Morgan fingerprint density at radius 3 is 2.09 bits per heavy atom. The van der Waals surface area contributed by atoms with Crippen molar-refractivity contribution in [2.24, 2.45) is 0 Å². The standard InChI is InChI=1S/C18H19NO3/c1-18(2,3)13-10-8-12(9-11-13)16(20)19-15-7-5-4-6-14(15)17(21)22/h4-11H,1-3H3,(H,19,20)(H,21,22)/p-1. The lowest BCUT2D eigenvalue weighted by Crippen LogP contribution is -2.24. The average Bonchev–Trinajstić information content (AvgIpc) is 2.46. The van der Waals surface area contributed by atoms with Gasteiger partial charge in [0.15, 0.2) is 0 Å². The predicted octanol–water partition coefficient (Wildman–Crippen LogP) is 2.60. The monoisotopic (exact) mass is 296 g/mol. The number of hydrogen-bond acceptors (Lipinski definition) is 3. The largest absolute Gasteiger partial charge is 0.545 e. The zero-order valence-corrected chi connectivity index (χ0v) is 12.8. The lowest BCUT2D eigenvalue weighted by molar-refractivity contribution is -0.254. The predicted molar refractivity (Wildman–Crippen MR) is 83.9 cm³/mol. The minimum Gasteiger partial charge on any atom is -0.545 e. The highest BCUT2D eigenvalue weighted by Gasteiger charge is 2.15. The summed E-state index contributed by atoms with van der Waals surface area (Å²) in [5, 5.41) is 13.6. The Labute approximate surface area is 129 Å². The molecule has 2 aromatic carbocycles. The van der Waals surface area contributed by atoms with E-state index in [1.54, 1.807) is 24.3 Å². The van der Waals surface area contributed by atoms with E-state index in [0.717, 1.165) is 5.56 Å². The molecule has 0 bridgehead atoms. The number of para-hydroxylation sites is 1. The third-order valence-electron chi connectivity index (χ3n) is 3.41. The van der Waals surface area contributed by atoms with Gasteiger partial charge in [0.2, 0.25) is 0 Å². The molecule has 0 aliphatic heterocycles. The van der Waals surface area contributed by atoms with Crippen LogP contribution in [0.15, 0.2) is 48.5 Å². The van der Waals surface area contributed by atoms with Crippen molar-refractivity contribution in [1.29, 1.82) is 0 Å². The zero-order chi connectivity index (χ0) is 16.3. The van der Waals surface area contributed by atoms with Crippen LogP contribution in [-0.4, -0.2) is 11.9 Å². The molecular formula is C18H18NO3-. The molecule has 0 saturated carbocycles. The fraction of sp³-hybridized carbons (Fsp3) is 0.222. The molecule has 0 fully saturated rings. The van der Waals surface area contributed by atoms with Crippen LogP contribution in [-0.2, 0) is 5.41 Å². The molecule has 0 aliphatic rings. The first-order valence-electron chi connectivity index (χ1n) is 7.01. The lowest BCUT2D eigenvalue weighted by atomic mass is 9.87. The van der Waals surface area contributed by atoms with Gasteiger partial charge in [0.1, 0.15) is 0 Å². The van der Waals surface area contributed by atoms with Gasteiger partial charge < -0.3 is 15.2 Å². The van der Waals surface area contributed by atoms with E-state index in [4.69, 9.17) is 0 Å². The number of carboxylic acids is 1. The van der Waals surface area contributed by atoms with E-state index in [1.807, 2.05) is 12.1 Å². The van der Waals surface area contributed by atoms with Crippen molar-refractivity contribution in [2.75, 3.05) is 5.32 Å². The fourth-order valence-electron chi connectivity index (χ4n) is 2.09. The quantitative estimate of drug-likeness (QED) is 0.946. The van der Waals surface area contributed by atoms with E-state index in [2.05, 4.69) is 26.1 Å². The molecule has 0 aliphatic carbocycles. The molecule has 1 N–H and O–H groups in total. The molecule has 114 valence electrons. The summed E-state index contributed by atoms with van der Waals surface area (Å²) < 4.78 is 0. The highest BCUT2D eigenvalue weighted by Crippen LogP contribution is 2.22. The molecule has 1 amide bonds. The Hall–Kier alpha value is -2.62. The van der Waals surface area contributed by atoms with Gasteiger partial charge in [-0.3, -0.25) is 4.79 Å². The number of carbonyl (C=O) groups is 2. The second-order valence-corrected chi connectivity index (χ2v) is 6.11. The molecule has 0 unspecified atom stereocenters. The summed E-state index contributed by atoms with van der Waals surface area (Å²) in [5.74, 6) is -1.67. The number of carbonyl (C=O) groups excluding carboxylic acids is 2. The number of rotatable bonds is 3. The number of nitrogens with one attached hydrogen (secondary N) is 1. The van der Waals surface area contributed by atoms with E-state index in [-0.39, 0.29) is 22.6 Å². The molecule has 0 heterocycles. The van der Waals surface area contributed by atoms with Crippen molar-refractivity contribution >= 4 is 17.6 Å². The zero-order valence-electron chi connectivity index (χ0n) is 12.8. The topological polar surface area (TPSA) is 69.2 Å². The van der Waals surface area contributed by atoms with Gasteiger partial charge in [0.05, 0.1) is 11.7 Å². The molecule has 0 spiro atoms. The van der Waals surface area contributed by atoms with Crippen molar-refractivity contribution in [2.45, 2.75) is 26.2 Å². The van der Waals surface area contributed by atoms with Crippen molar-refractivity contribution in [1.82, 2.24) is 0 Å². The van der Waals surface area contributed by atoms with E-state index in [1.165, 1.54) is 12.1 Å². The van der Waals surface area contributed by atoms with Gasteiger partial charge in [-0.25, -0.2) is 0 Å². The minimum atomic E-state index is -1.32. The summed E-state index contributed by atoms with van der Waals surface area (Å²) in [6.07, 6.45) is 0. The van der Waals surface area contributed by atoms with Crippen LogP contribution in [0.5, 0.6) is 0 Å². The van der Waals surface area contributed by atoms with Gasteiger partial charge in [-0.15, -0.1) is 0 Å². The first-order valence-corrected chi connectivity index (χ1v) is 7.01. The third-order valence-corrected chi connectivity index (χ3v) is 3.41. The molecule has 4 heteroatoms. The Bertz CT molecular complexity index is 697. The Morgan fingerprint density at radius 2 is 1.55 bits per heavy atom. The smallest absolute Gasteiger partial charge is 0.255 e. The Kier molecular flexibility index (Phi) is 4.31. The summed E-state index contributed by atoms with van der Waals surface area (Å²) in [4.78, 5) is 23.3. The molecule has 0 saturated heterocycles. The first-order chi connectivity index (χ1) is 10.3. The molecule has 2 rings (SSSR count). The van der Waals surface area contributed by atoms with Crippen LogP contribution in [0.1, 0.15) is 47.1 Å². The molecule has 0 aromatic heterocycles. The van der Waals surface area contributed by atoms with Crippen molar-refractivity contribution in [3.63, 3.8) is 0 Å². The highest BCUT2D eigenvalue weighted by molar-refractivity contribution is 6.07. The number of carboxylic acid groups (broad SMARTS) is 1. The number of anilines is 1. The minimum absolute atomic E-state index is 0.0105. The number of aromatic carboxylic acids is 1. The SMILES string of the molecule is CC(C)(C)c1ccc(C(=O)Nc2ccccc2C(=O)[O-])cc1. The molecule has 22 heavy (non-hydrogen) atoms. The third kappa shape index (κ3) is 3.52. The van der Waals surface area contributed by atoms with Crippen LogP contribution >= 0.6 is 0 Å².